The predicted molar refractivity (Wildman–Crippen MR) is 81.1 cm³/mol. The van der Waals surface area contributed by atoms with E-state index >= 15 is 0 Å². The molecule has 0 amide bonds. The summed E-state index contributed by atoms with van der Waals surface area (Å²) in [5, 5.41) is 0. The Morgan fingerprint density at radius 1 is 0.789 bits per heavy atom. The van der Waals surface area contributed by atoms with Gasteiger partial charge < -0.3 is 4.79 Å². The molecule has 2 saturated carbocycles. The van der Waals surface area contributed by atoms with Gasteiger partial charge in [-0.3, -0.25) is 0 Å². The van der Waals surface area contributed by atoms with Crippen LogP contribution in [0.1, 0.15) is 84.0 Å². The third-order valence-electron chi connectivity index (χ3n) is 5.84. The van der Waals surface area contributed by atoms with E-state index < -0.39 is 0 Å². The van der Waals surface area contributed by atoms with Crippen molar-refractivity contribution >= 4 is 6.29 Å². The number of carbonyl (C=O) groups is 1. The van der Waals surface area contributed by atoms with Crippen LogP contribution < -0.4 is 0 Å². The highest BCUT2D eigenvalue weighted by atomic mass is 16.1. The Kier molecular flexibility index (Phi) is 6.40. The van der Waals surface area contributed by atoms with Crippen LogP contribution in [0.15, 0.2) is 0 Å². The highest BCUT2D eigenvalue weighted by Crippen LogP contribution is 2.42. The largest absolute Gasteiger partial charge is 0.303 e. The topological polar surface area (TPSA) is 17.1 Å². The zero-order valence-corrected chi connectivity index (χ0v) is 12.8. The maximum Gasteiger partial charge on any atom is 0.120 e. The zero-order valence-electron chi connectivity index (χ0n) is 12.8. The van der Waals surface area contributed by atoms with Crippen molar-refractivity contribution in [2.45, 2.75) is 84.0 Å². The van der Waals surface area contributed by atoms with E-state index in [1.54, 1.807) is 0 Å². The van der Waals surface area contributed by atoms with Crippen LogP contribution in [0.2, 0.25) is 0 Å². The minimum Gasteiger partial charge on any atom is -0.303 e. The normalized spacial score (nSPS) is 36.1. The molecule has 2 rings (SSSR count). The van der Waals surface area contributed by atoms with Gasteiger partial charge in [0, 0.05) is 6.42 Å². The molecule has 0 aliphatic heterocycles. The Labute approximate surface area is 119 Å². The van der Waals surface area contributed by atoms with Crippen molar-refractivity contribution in [1.29, 1.82) is 0 Å². The SMILES string of the molecule is CCCC1CCC(C2CCC(CCC=O)CC2)CC1. The molecule has 0 atom stereocenters. The highest BCUT2D eigenvalue weighted by Gasteiger charge is 2.30. The number of hydrogen-bond donors (Lipinski definition) is 0. The fourth-order valence-electron chi connectivity index (χ4n) is 4.61. The van der Waals surface area contributed by atoms with E-state index in [1.807, 2.05) is 0 Å². The lowest BCUT2D eigenvalue weighted by Gasteiger charge is -2.37. The molecule has 1 nitrogen and oxygen atoms in total. The van der Waals surface area contributed by atoms with Crippen molar-refractivity contribution in [3.8, 4) is 0 Å². The molecule has 0 spiro atoms. The molecule has 0 bridgehead atoms. The summed E-state index contributed by atoms with van der Waals surface area (Å²) in [6, 6.07) is 0. The summed E-state index contributed by atoms with van der Waals surface area (Å²) in [5.74, 6) is 3.97. The summed E-state index contributed by atoms with van der Waals surface area (Å²) in [4.78, 5) is 10.4. The zero-order chi connectivity index (χ0) is 13.5. The molecule has 0 unspecified atom stereocenters. The van der Waals surface area contributed by atoms with Crippen LogP contribution in [0.3, 0.4) is 0 Å². The average Bonchev–Trinajstić information content (AvgIpc) is 2.47. The van der Waals surface area contributed by atoms with Gasteiger partial charge in [-0.05, 0) is 55.8 Å². The van der Waals surface area contributed by atoms with Crippen molar-refractivity contribution in [1.82, 2.24) is 0 Å². The van der Waals surface area contributed by atoms with Crippen molar-refractivity contribution in [3.63, 3.8) is 0 Å². The molecule has 0 heterocycles. The summed E-state index contributed by atoms with van der Waals surface area (Å²) in [6.07, 6.45) is 17.6. The molecule has 2 fully saturated rings. The predicted octanol–water partition coefficient (Wildman–Crippen LogP) is 5.38. The minimum absolute atomic E-state index is 0.789. The fourth-order valence-corrected chi connectivity index (χ4v) is 4.61. The van der Waals surface area contributed by atoms with Gasteiger partial charge in [-0.25, -0.2) is 0 Å². The monoisotopic (exact) mass is 264 g/mol. The lowest BCUT2D eigenvalue weighted by molar-refractivity contribution is -0.108. The maximum absolute atomic E-state index is 10.4. The van der Waals surface area contributed by atoms with Crippen molar-refractivity contribution < 1.29 is 4.79 Å². The van der Waals surface area contributed by atoms with E-state index in [-0.39, 0.29) is 0 Å². The van der Waals surface area contributed by atoms with Crippen molar-refractivity contribution in [2.24, 2.45) is 23.7 Å². The van der Waals surface area contributed by atoms with E-state index in [2.05, 4.69) is 6.92 Å². The summed E-state index contributed by atoms with van der Waals surface area (Å²) in [5.41, 5.74) is 0. The lowest BCUT2D eigenvalue weighted by Crippen LogP contribution is -2.25. The van der Waals surface area contributed by atoms with E-state index in [9.17, 15) is 4.79 Å². The second-order valence-corrected chi connectivity index (χ2v) is 7.09. The van der Waals surface area contributed by atoms with Gasteiger partial charge in [0.1, 0.15) is 6.29 Å². The van der Waals surface area contributed by atoms with E-state index in [1.165, 1.54) is 64.2 Å². The molecule has 2 aliphatic rings. The van der Waals surface area contributed by atoms with Gasteiger partial charge in [0.15, 0.2) is 0 Å². The second kappa shape index (κ2) is 8.07. The van der Waals surface area contributed by atoms with Crippen molar-refractivity contribution in [3.05, 3.63) is 0 Å². The van der Waals surface area contributed by atoms with Crippen LogP contribution in [-0.4, -0.2) is 6.29 Å². The third kappa shape index (κ3) is 4.61. The molecular weight excluding hydrogens is 232 g/mol. The van der Waals surface area contributed by atoms with Gasteiger partial charge >= 0.3 is 0 Å². The fraction of sp³-hybridized carbons (Fsp3) is 0.944. The van der Waals surface area contributed by atoms with Crippen LogP contribution in [0.25, 0.3) is 0 Å². The van der Waals surface area contributed by atoms with Gasteiger partial charge in [0.05, 0.1) is 0 Å². The Morgan fingerprint density at radius 2 is 1.26 bits per heavy atom. The first-order chi connectivity index (χ1) is 9.33. The van der Waals surface area contributed by atoms with Gasteiger partial charge in [-0.2, -0.15) is 0 Å². The third-order valence-corrected chi connectivity index (χ3v) is 5.84. The Balaban J connectivity index is 1.66. The van der Waals surface area contributed by atoms with Gasteiger partial charge in [-0.15, -0.1) is 0 Å². The lowest BCUT2D eigenvalue weighted by atomic mass is 9.68. The molecular formula is C18H32O. The van der Waals surface area contributed by atoms with Gasteiger partial charge in [-0.1, -0.05) is 45.4 Å². The molecule has 0 aromatic heterocycles. The molecule has 0 saturated heterocycles. The van der Waals surface area contributed by atoms with E-state index in [0.29, 0.717) is 0 Å². The van der Waals surface area contributed by atoms with Crippen LogP contribution in [0, 0.1) is 23.7 Å². The van der Waals surface area contributed by atoms with Crippen LogP contribution in [0.5, 0.6) is 0 Å². The van der Waals surface area contributed by atoms with Gasteiger partial charge in [0.25, 0.3) is 0 Å². The molecule has 1 heteroatoms. The first-order valence-electron chi connectivity index (χ1n) is 8.77. The summed E-state index contributed by atoms with van der Waals surface area (Å²) in [7, 11) is 0. The first kappa shape index (κ1) is 15.1. The number of aldehydes is 1. The highest BCUT2D eigenvalue weighted by molar-refractivity contribution is 5.49. The summed E-state index contributed by atoms with van der Waals surface area (Å²) < 4.78 is 0. The Hall–Kier alpha value is -0.330. The van der Waals surface area contributed by atoms with E-state index in [0.717, 1.165) is 42.8 Å². The molecule has 0 N–H and O–H groups in total. The van der Waals surface area contributed by atoms with Gasteiger partial charge in [0.2, 0.25) is 0 Å². The molecule has 2 aliphatic carbocycles. The Bertz CT molecular complexity index is 244. The molecule has 0 aromatic rings. The summed E-state index contributed by atoms with van der Waals surface area (Å²) >= 11 is 0. The van der Waals surface area contributed by atoms with Crippen LogP contribution in [0.4, 0.5) is 0 Å². The molecule has 0 radical (unpaired) electrons. The van der Waals surface area contributed by atoms with Crippen LogP contribution >= 0.6 is 0 Å². The number of hydrogen-bond acceptors (Lipinski definition) is 1. The number of rotatable bonds is 6. The minimum atomic E-state index is 0.789. The average molecular weight is 264 g/mol. The smallest absolute Gasteiger partial charge is 0.120 e. The quantitative estimate of drug-likeness (QED) is 0.589. The summed E-state index contributed by atoms with van der Waals surface area (Å²) in [6.45, 7) is 2.33. The number of carbonyl (C=O) groups excluding carboxylic acids is 1. The molecule has 110 valence electrons. The molecule has 0 aromatic carbocycles. The van der Waals surface area contributed by atoms with Crippen LogP contribution in [-0.2, 0) is 4.79 Å². The first-order valence-corrected chi connectivity index (χ1v) is 8.77. The second-order valence-electron chi connectivity index (χ2n) is 7.09. The van der Waals surface area contributed by atoms with E-state index in [4.69, 9.17) is 0 Å². The van der Waals surface area contributed by atoms with Crippen molar-refractivity contribution in [2.75, 3.05) is 0 Å². The standard InChI is InChI=1S/C18H32O/c1-2-4-15-6-10-17(11-7-15)18-12-8-16(9-13-18)5-3-14-19/h14-18H,2-13H2,1H3. The molecule has 19 heavy (non-hydrogen) atoms. The maximum atomic E-state index is 10.4. The Morgan fingerprint density at radius 3 is 1.68 bits per heavy atom.